The van der Waals surface area contributed by atoms with Gasteiger partial charge in [0.05, 0.1) is 18.1 Å². The number of imide groups is 1. The predicted molar refractivity (Wildman–Crippen MR) is 141 cm³/mol. The third-order valence-electron chi connectivity index (χ3n) is 5.12. The van der Waals surface area contributed by atoms with Gasteiger partial charge in [-0.15, -0.1) is 0 Å². The van der Waals surface area contributed by atoms with E-state index in [1.165, 1.54) is 0 Å². The Morgan fingerprint density at radius 2 is 1.63 bits per heavy atom. The lowest BCUT2D eigenvalue weighted by Crippen LogP contribution is -2.27. The minimum Gasteiger partial charge on any atom is -0.490 e. The van der Waals surface area contributed by atoms with Crippen LogP contribution in [0, 0.1) is 0 Å². The van der Waals surface area contributed by atoms with Crippen molar-refractivity contribution in [3.63, 3.8) is 0 Å². The Labute approximate surface area is 222 Å². The first-order valence-electron chi connectivity index (χ1n) is 10.7. The monoisotopic (exact) mass is 547 g/mol. The van der Waals surface area contributed by atoms with Crippen molar-refractivity contribution in [2.75, 3.05) is 6.61 Å². The van der Waals surface area contributed by atoms with Crippen molar-refractivity contribution in [1.82, 2.24) is 4.90 Å². The Morgan fingerprint density at radius 3 is 2.31 bits per heavy atom. The molecule has 0 unspecified atom stereocenters. The second-order valence-corrected chi connectivity index (χ2v) is 9.77. The molecule has 180 valence electrons. The zero-order valence-corrected chi connectivity index (χ0v) is 21.7. The quantitative estimate of drug-likeness (QED) is 0.268. The lowest BCUT2D eigenvalue weighted by atomic mass is 10.1. The number of rotatable bonds is 8. The summed E-state index contributed by atoms with van der Waals surface area (Å²) in [7, 11) is 0. The first-order valence-corrected chi connectivity index (χ1v) is 12.6. The van der Waals surface area contributed by atoms with Gasteiger partial charge in [-0.2, -0.15) is 0 Å². The third kappa shape index (κ3) is 6.14. The van der Waals surface area contributed by atoms with Crippen molar-refractivity contribution in [3.8, 4) is 11.5 Å². The molecule has 0 aromatic heterocycles. The van der Waals surface area contributed by atoms with E-state index in [2.05, 4.69) is 0 Å². The third-order valence-corrected chi connectivity index (χ3v) is 6.99. The van der Waals surface area contributed by atoms with Crippen LogP contribution in [0.5, 0.6) is 11.5 Å². The van der Waals surface area contributed by atoms with Gasteiger partial charge in [-0.1, -0.05) is 59.1 Å². The number of carbonyl (C=O) groups excluding carboxylic acids is 2. The van der Waals surface area contributed by atoms with Crippen molar-refractivity contribution in [1.29, 1.82) is 0 Å². The molecule has 0 radical (unpaired) electrons. The van der Waals surface area contributed by atoms with Gasteiger partial charge in [0.15, 0.2) is 11.5 Å². The molecule has 1 fully saturated rings. The normalized spacial score (nSPS) is 14.6. The molecule has 3 aromatic rings. The molecule has 0 bridgehead atoms. The van der Waals surface area contributed by atoms with Gasteiger partial charge < -0.3 is 9.47 Å². The minimum atomic E-state index is -0.406. The minimum absolute atomic E-state index is 0.00217. The van der Waals surface area contributed by atoms with Crippen LogP contribution in [0.1, 0.15) is 23.6 Å². The van der Waals surface area contributed by atoms with Gasteiger partial charge in [0, 0.05) is 20.6 Å². The average molecular weight is 549 g/mol. The van der Waals surface area contributed by atoms with Gasteiger partial charge in [-0.3, -0.25) is 14.5 Å². The summed E-state index contributed by atoms with van der Waals surface area (Å²) in [6.07, 6.45) is 1.66. The van der Waals surface area contributed by atoms with Crippen molar-refractivity contribution < 1.29 is 19.1 Å². The van der Waals surface area contributed by atoms with Crippen molar-refractivity contribution in [3.05, 3.63) is 97.3 Å². The Bertz CT molecular complexity index is 1270. The second kappa shape index (κ2) is 11.4. The number of ether oxygens (including phenoxy) is 2. The fourth-order valence-electron chi connectivity index (χ4n) is 3.37. The van der Waals surface area contributed by atoms with Crippen LogP contribution < -0.4 is 9.47 Å². The summed E-state index contributed by atoms with van der Waals surface area (Å²) in [4.78, 5) is 27.0. The topological polar surface area (TPSA) is 55.8 Å². The van der Waals surface area contributed by atoms with Crippen LogP contribution in [0.4, 0.5) is 4.79 Å². The number of nitrogens with zero attached hydrogens (tertiary/aromatic N) is 1. The molecule has 9 heteroatoms. The summed E-state index contributed by atoms with van der Waals surface area (Å²) in [5, 5.41) is 1.07. The first kappa shape index (κ1) is 25.5. The summed E-state index contributed by atoms with van der Waals surface area (Å²) < 4.78 is 11.7. The average Bonchev–Trinajstić information content (AvgIpc) is 3.09. The van der Waals surface area contributed by atoms with E-state index in [1.807, 2.05) is 19.1 Å². The highest BCUT2D eigenvalue weighted by atomic mass is 35.5. The molecule has 0 spiro atoms. The van der Waals surface area contributed by atoms with Crippen LogP contribution in [0.3, 0.4) is 0 Å². The Hall–Kier alpha value is -2.64. The lowest BCUT2D eigenvalue weighted by molar-refractivity contribution is -0.123. The summed E-state index contributed by atoms with van der Waals surface area (Å²) in [5.74, 6) is 0.703. The zero-order chi connectivity index (χ0) is 24.9. The van der Waals surface area contributed by atoms with Crippen LogP contribution in [0.2, 0.25) is 15.1 Å². The molecule has 0 atom stereocenters. The maximum atomic E-state index is 13.0. The lowest BCUT2D eigenvalue weighted by Gasteiger charge is -2.15. The predicted octanol–water partition coefficient (Wildman–Crippen LogP) is 7.86. The Balaban J connectivity index is 1.52. The van der Waals surface area contributed by atoms with Gasteiger partial charge in [0.1, 0.15) is 6.61 Å². The highest BCUT2D eigenvalue weighted by molar-refractivity contribution is 8.18. The molecule has 0 saturated carbocycles. The fraction of sp³-hybridized carbons (Fsp3) is 0.154. The van der Waals surface area contributed by atoms with E-state index in [0.29, 0.717) is 55.8 Å². The summed E-state index contributed by atoms with van der Waals surface area (Å²) in [5.41, 5.74) is 2.20. The number of hydrogen-bond donors (Lipinski definition) is 0. The van der Waals surface area contributed by atoms with E-state index >= 15 is 0 Å². The van der Waals surface area contributed by atoms with Crippen LogP contribution in [-0.2, 0) is 17.9 Å². The maximum absolute atomic E-state index is 13.0. The number of benzene rings is 3. The van der Waals surface area contributed by atoms with E-state index in [4.69, 9.17) is 44.3 Å². The Kier molecular flexibility index (Phi) is 8.29. The summed E-state index contributed by atoms with van der Waals surface area (Å²) in [6, 6.07) is 17.8. The maximum Gasteiger partial charge on any atom is 0.293 e. The van der Waals surface area contributed by atoms with Gasteiger partial charge in [0.2, 0.25) is 0 Å². The first-order chi connectivity index (χ1) is 16.9. The number of hydrogen-bond acceptors (Lipinski definition) is 5. The van der Waals surface area contributed by atoms with Crippen LogP contribution in [0.15, 0.2) is 65.6 Å². The summed E-state index contributed by atoms with van der Waals surface area (Å²) >= 11 is 19.2. The van der Waals surface area contributed by atoms with E-state index in [1.54, 1.807) is 54.6 Å². The van der Waals surface area contributed by atoms with Gasteiger partial charge in [-0.25, -0.2) is 0 Å². The smallest absolute Gasteiger partial charge is 0.293 e. The molecule has 2 amide bonds. The number of thioether (sulfide) groups is 1. The summed E-state index contributed by atoms with van der Waals surface area (Å²) in [6.45, 7) is 2.67. The molecule has 0 aliphatic carbocycles. The van der Waals surface area contributed by atoms with Crippen LogP contribution in [0.25, 0.3) is 6.08 Å². The molecule has 1 aliphatic heterocycles. The molecular formula is C26H20Cl3NO4S. The van der Waals surface area contributed by atoms with E-state index in [-0.39, 0.29) is 11.8 Å². The molecule has 1 heterocycles. The van der Waals surface area contributed by atoms with Gasteiger partial charge in [-0.05, 0) is 72.3 Å². The molecule has 3 aromatic carbocycles. The van der Waals surface area contributed by atoms with Crippen molar-refractivity contribution in [2.24, 2.45) is 0 Å². The van der Waals surface area contributed by atoms with Gasteiger partial charge in [0.25, 0.3) is 11.1 Å². The molecule has 0 N–H and O–H groups in total. The number of carbonyl (C=O) groups is 2. The fourth-order valence-corrected chi connectivity index (χ4v) is 4.85. The van der Waals surface area contributed by atoms with Crippen molar-refractivity contribution >= 4 is 63.8 Å². The number of amides is 2. The molecular weight excluding hydrogens is 529 g/mol. The second-order valence-electron chi connectivity index (χ2n) is 7.52. The highest BCUT2D eigenvalue weighted by Crippen LogP contribution is 2.37. The largest absolute Gasteiger partial charge is 0.490 e. The molecule has 1 aliphatic rings. The van der Waals surface area contributed by atoms with Crippen LogP contribution in [-0.4, -0.2) is 22.7 Å². The molecule has 1 saturated heterocycles. The highest BCUT2D eigenvalue weighted by Gasteiger charge is 2.35. The molecule has 35 heavy (non-hydrogen) atoms. The zero-order valence-electron chi connectivity index (χ0n) is 18.6. The SMILES string of the molecule is CCOc1cc(/C=C2\SC(=O)N(Cc3c(Cl)cccc3Cl)C2=O)ccc1OCc1ccc(Cl)cc1. The van der Waals surface area contributed by atoms with Crippen molar-refractivity contribution in [2.45, 2.75) is 20.1 Å². The standard InChI is InChI=1S/C26H20Cl3NO4S/c1-2-33-23-12-17(8-11-22(23)34-15-16-6-9-18(27)10-7-16)13-24-25(31)30(26(32)35-24)14-19-20(28)4-3-5-21(19)29/h3-13H,2,14-15H2,1H3/b24-13-. The van der Waals surface area contributed by atoms with Gasteiger partial charge >= 0.3 is 0 Å². The van der Waals surface area contributed by atoms with E-state index < -0.39 is 5.91 Å². The molecule has 5 nitrogen and oxygen atoms in total. The Morgan fingerprint density at radius 1 is 0.914 bits per heavy atom. The van der Waals surface area contributed by atoms with E-state index in [9.17, 15) is 9.59 Å². The molecule has 4 rings (SSSR count). The van der Waals surface area contributed by atoms with E-state index in [0.717, 1.165) is 22.2 Å². The van der Waals surface area contributed by atoms with Crippen LogP contribution >= 0.6 is 46.6 Å². The number of halogens is 3.